The second-order valence-corrected chi connectivity index (χ2v) is 7.56. The molecule has 0 spiro atoms. The number of piperidine rings is 1. The summed E-state index contributed by atoms with van der Waals surface area (Å²) in [6, 6.07) is 4.87. The summed E-state index contributed by atoms with van der Waals surface area (Å²) in [5, 5.41) is 11.0. The number of likely N-dealkylation sites (tertiary alicyclic amines) is 1. The Balaban J connectivity index is 1.44. The molecule has 0 unspecified atom stereocenters. The average Bonchev–Trinajstić information content (AvgIpc) is 3.14. The van der Waals surface area contributed by atoms with Crippen molar-refractivity contribution < 1.29 is 4.42 Å². The number of thiophene rings is 1. The van der Waals surface area contributed by atoms with Crippen molar-refractivity contribution in [1.29, 1.82) is 0 Å². The molecular formula is C15H21N3OS2. The molecule has 0 bridgehead atoms. The summed E-state index contributed by atoms with van der Waals surface area (Å²) in [5.41, 5.74) is 0. The van der Waals surface area contributed by atoms with Gasteiger partial charge in [0, 0.05) is 16.7 Å². The van der Waals surface area contributed by atoms with Crippen molar-refractivity contribution >= 4 is 23.1 Å². The van der Waals surface area contributed by atoms with Gasteiger partial charge in [0.2, 0.25) is 5.89 Å². The normalized spacial score (nSPS) is 20.0. The van der Waals surface area contributed by atoms with Crippen molar-refractivity contribution in [1.82, 2.24) is 15.1 Å². The highest BCUT2D eigenvalue weighted by Crippen LogP contribution is 2.24. The topological polar surface area (TPSA) is 42.2 Å². The van der Waals surface area contributed by atoms with E-state index in [-0.39, 0.29) is 0 Å². The van der Waals surface area contributed by atoms with Gasteiger partial charge in [0.1, 0.15) is 0 Å². The summed E-state index contributed by atoms with van der Waals surface area (Å²) < 4.78 is 5.71. The molecule has 114 valence electrons. The van der Waals surface area contributed by atoms with Crippen LogP contribution < -0.4 is 0 Å². The van der Waals surface area contributed by atoms with E-state index in [1.807, 2.05) is 6.07 Å². The minimum absolute atomic E-state index is 0.708. The fraction of sp³-hybridized carbons (Fsp3) is 0.600. The number of nitrogens with zero attached hydrogens (tertiary/aromatic N) is 3. The highest BCUT2D eigenvalue weighted by atomic mass is 32.2. The molecule has 3 rings (SSSR count). The monoisotopic (exact) mass is 323 g/mol. The van der Waals surface area contributed by atoms with Gasteiger partial charge in [0.15, 0.2) is 0 Å². The van der Waals surface area contributed by atoms with Crippen LogP contribution in [0.5, 0.6) is 0 Å². The lowest BCUT2D eigenvalue weighted by Crippen LogP contribution is -2.36. The number of thioether (sulfide) groups is 1. The smallest absolute Gasteiger partial charge is 0.276 e. The maximum Gasteiger partial charge on any atom is 0.276 e. The van der Waals surface area contributed by atoms with Gasteiger partial charge in [-0.1, -0.05) is 24.2 Å². The molecule has 1 aliphatic heterocycles. The zero-order chi connectivity index (χ0) is 14.5. The van der Waals surface area contributed by atoms with Gasteiger partial charge in [-0.3, -0.25) is 0 Å². The van der Waals surface area contributed by atoms with Crippen LogP contribution in [0.4, 0.5) is 0 Å². The zero-order valence-electron chi connectivity index (χ0n) is 12.3. The van der Waals surface area contributed by atoms with Gasteiger partial charge in [0.05, 0.1) is 6.42 Å². The molecule has 0 amide bonds. The van der Waals surface area contributed by atoms with E-state index in [1.54, 1.807) is 23.1 Å². The summed E-state index contributed by atoms with van der Waals surface area (Å²) in [6.45, 7) is 1.24. The molecule has 0 aliphatic carbocycles. The Bertz CT molecular complexity index is 541. The number of aromatic nitrogens is 2. The Morgan fingerprint density at radius 2 is 2.38 bits per heavy atom. The highest BCUT2D eigenvalue weighted by Gasteiger charge is 2.18. The molecule has 0 N–H and O–H groups in total. The summed E-state index contributed by atoms with van der Waals surface area (Å²) in [4.78, 5) is 3.75. The van der Waals surface area contributed by atoms with Crippen LogP contribution in [0.25, 0.3) is 0 Å². The Morgan fingerprint density at radius 3 is 3.19 bits per heavy atom. The predicted molar refractivity (Wildman–Crippen MR) is 87.0 cm³/mol. The van der Waals surface area contributed by atoms with Crippen LogP contribution in [-0.2, 0) is 6.42 Å². The second kappa shape index (κ2) is 7.42. The van der Waals surface area contributed by atoms with Gasteiger partial charge >= 0.3 is 0 Å². The van der Waals surface area contributed by atoms with E-state index < -0.39 is 0 Å². The summed E-state index contributed by atoms with van der Waals surface area (Å²) in [7, 11) is 2.24. The highest BCUT2D eigenvalue weighted by molar-refractivity contribution is 7.99. The Hall–Kier alpha value is -0.850. The number of rotatable bonds is 6. The fourth-order valence-electron chi connectivity index (χ4n) is 2.72. The van der Waals surface area contributed by atoms with Crippen molar-refractivity contribution in [2.45, 2.75) is 43.4 Å². The van der Waals surface area contributed by atoms with Crippen molar-refractivity contribution in [3.05, 3.63) is 28.3 Å². The maximum absolute atomic E-state index is 5.71. The first-order valence-corrected chi connectivity index (χ1v) is 9.35. The molecule has 0 radical (unpaired) electrons. The Labute approximate surface area is 133 Å². The Morgan fingerprint density at radius 1 is 1.43 bits per heavy atom. The summed E-state index contributed by atoms with van der Waals surface area (Å²) in [6.07, 6.45) is 5.98. The third-order valence-electron chi connectivity index (χ3n) is 3.95. The summed E-state index contributed by atoms with van der Waals surface area (Å²) >= 11 is 3.41. The fourth-order valence-corrected chi connectivity index (χ4v) is 4.24. The molecule has 0 aromatic carbocycles. The summed E-state index contributed by atoms with van der Waals surface area (Å²) in [5.74, 6) is 1.77. The third kappa shape index (κ3) is 4.31. The van der Waals surface area contributed by atoms with E-state index in [0.717, 1.165) is 24.1 Å². The number of hydrogen-bond donors (Lipinski definition) is 0. The molecule has 2 aromatic rings. The van der Waals surface area contributed by atoms with Crippen molar-refractivity contribution in [2.75, 3.05) is 19.3 Å². The molecular weight excluding hydrogens is 302 g/mol. The lowest BCUT2D eigenvalue weighted by atomic mass is 10.0. The second-order valence-electron chi connectivity index (χ2n) is 5.49. The van der Waals surface area contributed by atoms with Crippen LogP contribution in [0.15, 0.2) is 27.2 Å². The molecule has 1 saturated heterocycles. The van der Waals surface area contributed by atoms with Crippen molar-refractivity contribution in [3.63, 3.8) is 0 Å². The van der Waals surface area contributed by atoms with Crippen LogP contribution in [0.3, 0.4) is 0 Å². The zero-order valence-corrected chi connectivity index (χ0v) is 14.0. The van der Waals surface area contributed by atoms with Gasteiger partial charge in [-0.05, 0) is 44.3 Å². The molecule has 1 atom stereocenters. The predicted octanol–water partition coefficient (Wildman–Crippen LogP) is 3.69. The van der Waals surface area contributed by atoms with Crippen molar-refractivity contribution in [3.8, 4) is 0 Å². The molecule has 3 heterocycles. The van der Waals surface area contributed by atoms with Gasteiger partial charge in [-0.15, -0.1) is 21.5 Å². The first-order chi connectivity index (χ1) is 10.3. The van der Waals surface area contributed by atoms with E-state index in [4.69, 9.17) is 4.42 Å². The molecule has 1 fully saturated rings. The van der Waals surface area contributed by atoms with Crippen LogP contribution in [0, 0.1) is 0 Å². The van der Waals surface area contributed by atoms with Crippen LogP contribution in [0.2, 0.25) is 0 Å². The van der Waals surface area contributed by atoms with E-state index in [1.165, 1.54) is 37.1 Å². The SMILES string of the molecule is CN1CCCC[C@@H]1CCSc1nnc(Cc2cccs2)o1. The lowest BCUT2D eigenvalue weighted by Gasteiger charge is -2.32. The molecule has 4 nitrogen and oxygen atoms in total. The third-order valence-corrected chi connectivity index (χ3v) is 5.68. The molecule has 6 heteroatoms. The van der Waals surface area contributed by atoms with Gasteiger partial charge in [-0.25, -0.2) is 0 Å². The molecule has 0 saturated carbocycles. The number of hydrogen-bond acceptors (Lipinski definition) is 6. The minimum atomic E-state index is 0.708. The van der Waals surface area contributed by atoms with Crippen LogP contribution >= 0.6 is 23.1 Å². The largest absolute Gasteiger partial charge is 0.416 e. The standard InChI is InChI=1S/C15H21N3OS2/c1-18-8-3-2-5-12(18)7-10-21-15-17-16-14(19-15)11-13-6-4-9-20-13/h4,6,9,12H,2-3,5,7-8,10-11H2,1H3/t12-/m1/s1. The first-order valence-electron chi connectivity index (χ1n) is 7.49. The first kappa shape index (κ1) is 15.1. The Kier molecular flexibility index (Phi) is 5.32. The van der Waals surface area contributed by atoms with E-state index in [2.05, 4.69) is 33.6 Å². The quantitative estimate of drug-likeness (QED) is 0.759. The molecule has 2 aromatic heterocycles. The van der Waals surface area contributed by atoms with Crippen LogP contribution in [0.1, 0.15) is 36.5 Å². The minimum Gasteiger partial charge on any atom is -0.416 e. The lowest BCUT2D eigenvalue weighted by molar-refractivity contribution is 0.182. The van der Waals surface area contributed by atoms with Gasteiger partial charge in [0.25, 0.3) is 5.22 Å². The van der Waals surface area contributed by atoms with Crippen molar-refractivity contribution in [2.24, 2.45) is 0 Å². The van der Waals surface area contributed by atoms with Crippen LogP contribution in [-0.4, -0.2) is 40.5 Å². The average molecular weight is 323 g/mol. The molecule has 21 heavy (non-hydrogen) atoms. The van der Waals surface area contributed by atoms with E-state index >= 15 is 0 Å². The molecule has 1 aliphatic rings. The maximum atomic E-state index is 5.71. The van der Waals surface area contributed by atoms with Gasteiger partial charge < -0.3 is 9.32 Å². The van der Waals surface area contributed by atoms with E-state index in [9.17, 15) is 0 Å². The van der Waals surface area contributed by atoms with Gasteiger partial charge in [-0.2, -0.15) is 0 Å². The van der Waals surface area contributed by atoms with E-state index in [0.29, 0.717) is 5.22 Å².